The Hall–Kier alpha value is -2.51. The van der Waals surface area contributed by atoms with Crippen molar-refractivity contribution in [1.29, 1.82) is 0 Å². The molecule has 0 N–H and O–H groups in total. The number of methoxy groups -OCH3 is 1. The molecular weight excluding hydrogens is 458 g/mol. The SMILES string of the molecule is CCCCCCCCOc1ccc(/C=C2\SC(=Nc3ccncc3Cl)N(C)C2=O)cc1OC. The Morgan fingerprint density at radius 1 is 1.15 bits per heavy atom. The quantitative estimate of drug-likeness (QED) is 0.260. The van der Waals surface area contributed by atoms with Crippen molar-refractivity contribution in [2.75, 3.05) is 20.8 Å². The Kier molecular flexibility index (Phi) is 9.63. The van der Waals surface area contributed by atoms with Crippen LogP contribution in [0.2, 0.25) is 5.02 Å². The smallest absolute Gasteiger partial charge is 0.266 e. The summed E-state index contributed by atoms with van der Waals surface area (Å²) in [6, 6.07) is 7.41. The fourth-order valence-corrected chi connectivity index (χ4v) is 4.46. The van der Waals surface area contributed by atoms with Gasteiger partial charge in [0.25, 0.3) is 5.91 Å². The summed E-state index contributed by atoms with van der Waals surface area (Å²) >= 11 is 7.46. The van der Waals surface area contributed by atoms with Gasteiger partial charge in [0.2, 0.25) is 0 Å². The van der Waals surface area contributed by atoms with E-state index in [9.17, 15) is 4.79 Å². The summed E-state index contributed by atoms with van der Waals surface area (Å²) in [5.41, 5.74) is 1.43. The van der Waals surface area contributed by atoms with Crippen molar-refractivity contribution < 1.29 is 14.3 Å². The van der Waals surface area contributed by atoms with Gasteiger partial charge in [0, 0.05) is 19.4 Å². The molecule has 33 heavy (non-hydrogen) atoms. The molecule has 0 saturated carbocycles. The van der Waals surface area contributed by atoms with E-state index in [1.54, 1.807) is 26.4 Å². The van der Waals surface area contributed by atoms with Crippen LogP contribution in [0.3, 0.4) is 0 Å². The van der Waals surface area contributed by atoms with E-state index in [4.69, 9.17) is 21.1 Å². The lowest BCUT2D eigenvalue weighted by Gasteiger charge is -2.11. The molecule has 0 spiro atoms. The lowest BCUT2D eigenvalue weighted by atomic mass is 10.1. The zero-order valence-electron chi connectivity index (χ0n) is 19.3. The third-order valence-corrected chi connectivity index (χ3v) is 6.56. The highest BCUT2D eigenvalue weighted by molar-refractivity contribution is 8.18. The first-order valence-corrected chi connectivity index (χ1v) is 12.4. The van der Waals surface area contributed by atoms with Gasteiger partial charge in [-0.15, -0.1) is 0 Å². The summed E-state index contributed by atoms with van der Waals surface area (Å²) in [5, 5.41) is 0.996. The summed E-state index contributed by atoms with van der Waals surface area (Å²) in [6.07, 6.45) is 12.3. The van der Waals surface area contributed by atoms with Crippen LogP contribution in [0.4, 0.5) is 5.69 Å². The predicted molar refractivity (Wildman–Crippen MR) is 137 cm³/mol. The minimum atomic E-state index is -0.119. The Morgan fingerprint density at radius 3 is 2.70 bits per heavy atom. The molecule has 1 aliphatic rings. The molecule has 1 saturated heterocycles. The second-order valence-corrected chi connectivity index (χ2v) is 9.14. The number of nitrogens with zero attached hydrogens (tertiary/aromatic N) is 3. The van der Waals surface area contributed by atoms with Gasteiger partial charge in [-0.2, -0.15) is 0 Å². The summed E-state index contributed by atoms with van der Waals surface area (Å²) in [4.78, 5) is 23.3. The third-order valence-electron chi connectivity index (χ3n) is 5.21. The fourth-order valence-electron chi connectivity index (χ4n) is 3.32. The van der Waals surface area contributed by atoms with Crippen molar-refractivity contribution in [1.82, 2.24) is 9.88 Å². The molecule has 0 atom stereocenters. The number of aromatic nitrogens is 1. The van der Waals surface area contributed by atoms with Crippen LogP contribution < -0.4 is 9.47 Å². The molecule has 3 rings (SSSR count). The highest BCUT2D eigenvalue weighted by Crippen LogP contribution is 2.36. The van der Waals surface area contributed by atoms with Crippen LogP contribution in [-0.2, 0) is 4.79 Å². The van der Waals surface area contributed by atoms with Crippen LogP contribution in [0.25, 0.3) is 6.08 Å². The number of thioether (sulfide) groups is 1. The van der Waals surface area contributed by atoms with Crippen LogP contribution in [-0.4, -0.2) is 41.7 Å². The molecule has 176 valence electrons. The van der Waals surface area contributed by atoms with Crippen molar-refractivity contribution >= 4 is 46.2 Å². The minimum absolute atomic E-state index is 0.119. The predicted octanol–water partition coefficient (Wildman–Crippen LogP) is 6.72. The average Bonchev–Trinajstić information content (AvgIpc) is 3.08. The lowest BCUT2D eigenvalue weighted by molar-refractivity contribution is -0.121. The van der Waals surface area contributed by atoms with Gasteiger partial charge in [-0.1, -0.05) is 56.7 Å². The molecule has 1 aliphatic heterocycles. The van der Waals surface area contributed by atoms with E-state index in [0.717, 1.165) is 12.0 Å². The van der Waals surface area contributed by atoms with Gasteiger partial charge in [-0.25, -0.2) is 4.99 Å². The maximum atomic E-state index is 12.7. The Morgan fingerprint density at radius 2 is 1.94 bits per heavy atom. The number of amides is 1. The maximum Gasteiger partial charge on any atom is 0.266 e. The van der Waals surface area contributed by atoms with Crippen molar-refractivity contribution in [3.63, 3.8) is 0 Å². The van der Waals surface area contributed by atoms with Crippen LogP contribution in [0.15, 0.2) is 46.6 Å². The van der Waals surface area contributed by atoms with Crippen molar-refractivity contribution in [3.8, 4) is 11.5 Å². The summed E-state index contributed by atoms with van der Waals surface area (Å²) in [7, 11) is 3.32. The van der Waals surface area contributed by atoms with Gasteiger partial charge in [-0.3, -0.25) is 14.7 Å². The van der Waals surface area contributed by atoms with Crippen molar-refractivity contribution in [2.45, 2.75) is 45.4 Å². The average molecular weight is 488 g/mol. The van der Waals surface area contributed by atoms with E-state index in [1.807, 2.05) is 24.3 Å². The highest BCUT2D eigenvalue weighted by Gasteiger charge is 2.30. The molecule has 1 aromatic carbocycles. The van der Waals surface area contributed by atoms with Crippen molar-refractivity contribution in [2.24, 2.45) is 4.99 Å². The number of aliphatic imine (C=N–C) groups is 1. The lowest BCUT2D eigenvalue weighted by Crippen LogP contribution is -2.23. The summed E-state index contributed by atoms with van der Waals surface area (Å²) in [6.45, 7) is 2.89. The molecule has 0 radical (unpaired) electrons. The first kappa shape index (κ1) is 25.1. The number of carbonyl (C=O) groups is 1. The molecule has 0 bridgehead atoms. The van der Waals surface area contributed by atoms with E-state index in [2.05, 4.69) is 16.9 Å². The molecule has 2 heterocycles. The standard InChI is InChI=1S/C25H30ClN3O3S/c1-4-5-6-7-8-9-14-32-21-11-10-18(15-22(21)31-3)16-23-24(30)29(2)25(33-23)28-20-12-13-27-17-19(20)26/h10-13,15-17H,4-9,14H2,1-3H3/b23-16-,28-25?. The third kappa shape index (κ3) is 6.98. The van der Waals surface area contributed by atoms with E-state index < -0.39 is 0 Å². The highest BCUT2D eigenvalue weighted by atomic mass is 35.5. The minimum Gasteiger partial charge on any atom is -0.493 e. The van der Waals surface area contributed by atoms with Gasteiger partial charge >= 0.3 is 0 Å². The number of hydrogen-bond donors (Lipinski definition) is 0. The van der Waals surface area contributed by atoms with Crippen LogP contribution >= 0.6 is 23.4 Å². The van der Waals surface area contributed by atoms with Gasteiger partial charge < -0.3 is 9.47 Å². The number of benzene rings is 1. The summed E-state index contributed by atoms with van der Waals surface area (Å²) < 4.78 is 11.5. The van der Waals surface area contributed by atoms with E-state index in [-0.39, 0.29) is 5.91 Å². The zero-order chi connectivity index (χ0) is 23.6. The van der Waals surface area contributed by atoms with Crippen molar-refractivity contribution in [3.05, 3.63) is 52.2 Å². The Balaban J connectivity index is 1.66. The van der Waals surface area contributed by atoms with E-state index in [1.165, 1.54) is 55.0 Å². The molecule has 1 amide bonds. The number of ether oxygens (including phenoxy) is 2. The number of unbranched alkanes of at least 4 members (excludes halogenated alkanes) is 5. The first-order valence-electron chi connectivity index (χ1n) is 11.2. The second kappa shape index (κ2) is 12.7. The number of pyridine rings is 1. The number of rotatable bonds is 11. The molecule has 0 aliphatic carbocycles. The first-order chi connectivity index (χ1) is 16.0. The van der Waals surface area contributed by atoms with Gasteiger partial charge in [0.1, 0.15) is 0 Å². The monoisotopic (exact) mass is 487 g/mol. The fraction of sp³-hybridized carbons (Fsp3) is 0.400. The van der Waals surface area contributed by atoms with Crippen LogP contribution in [0.1, 0.15) is 51.0 Å². The number of amidine groups is 1. The van der Waals surface area contributed by atoms with Crippen LogP contribution in [0.5, 0.6) is 11.5 Å². The largest absolute Gasteiger partial charge is 0.493 e. The molecule has 0 unspecified atom stereocenters. The van der Waals surface area contributed by atoms with Gasteiger partial charge in [-0.05, 0) is 48.0 Å². The number of hydrogen-bond acceptors (Lipinski definition) is 6. The Labute approximate surface area is 205 Å². The van der Waals surface area contributed by atoms with Gasteiger partial charge in [0.15, 0.2) is 16.7 Å². The second-order valence-electron chi connectivity index (χ2n) is 7.72. The number of carbonyl (C=O) groups excluding carboxylic acids is 1. The molecule has 8 heteroatoms. The molecular formula is C25H30ClN3O3S. The normalized spacial score (nSPS) is 16.1. The van der Waals surface area contributed by atoms with Gasteiger partial charge in [0.05, 0.1) is 29.3 Å². The molecule has 1 fully saturated rings. The number of likely N-dealkylation sites (N-methyl/N-ethyl adjacent to an activating group) is 1. The Bertz CT molecular complexity index is 1030. The maximum absolute atomic E-state index is 12.7. The summed E-state index contributed by atoms with van der Waals surface area (Å²) in [5.74, 6) is 1.24. The topological polar surface area (TPSA) is 64.0 Å². The molecule has 1 aromatic heterocycles. The molecule has 6 nitrogen and oxygen atoms in total. The number of halogens is 1. The molecule has 2 aromatic rings. The van der Waals surface area contributed by atoms with E-state index in [0.29, 0.717) is 38.9 Å². The zero-order valence-corrected chi connectivity index (χ0v) is 20.9. The van der Waals surface area contributed by atoms with Crippen LogP contribution in [0, 0.1) is 0 Å². The van der Waals surface area contributed by atoms with E-state index >= 15 is 0 Å².